The summed E-state index contributed by atoms with van der Waals surface area (Å²) in [5.41, 5.74) is 1.39. The van der Waals surface area contributed by atoms with Gasteiger partial charge in [-0.3, -0.25) is 14.6 Å². The quantitative estimate of drug-likeness (QED) is 0.920. The molecule has 0 unspecified atom stereocenters. The number of benzene rings is 1. The van der Waals surface area contributed by atoms with Crippen molar-refractivity contribution < 1.29 is 14.3 Å². The largest absolute Gasteiger partial charge is 0.378 e. The molecule has 0 atom stereocenters. The van der Waals surface area contributed by atoms with Crippen molar-refractivity contribution in [2.45, 2.75) is 0 Å². The fourth-order valence-electron chi connectivity index (χ4n) is 2.51. The lowest BCUT2D eigenvalue weighted by Gasteiger charge is -2.26. The molecular weight excluding hydrogens is 320 g/mol. The van der Waals surface area contributed by atoms with Crippen molar-refractivity contribution in [1.82, 2.24) is 9.88 Å². The molecule has 1 saturated heterocycles. The third kappa shape index (κ3) is 3.82. The first kappa shape index (κ1) is 16.6. The second-order valence-electron chi connectivity index (χ2n) is 5.48. The van der Waals surface area contributed by atoms with Crippen molar-refractivity contribution in [2.24, 2.45) is 0 Å². The summed E-state index contributed by atoms with van der Waals surface area (Å²) in [7, 11) is 0. The SMILES string of the molecule is N#Cc1ccccc1NC(=O)c1cncc(C(=O)N2CCOCC2)c1. The molecule has 1 aromatic heterocycles. The smallest absolute Gasteiger partial charge is 0.257 e. The molecule has 1 N–H and O–H groups in total. The number of anilines is 1. The molecule has 25 heavy (non-hydrogen) atoms. The maximum Gasteiger partial charge on any atom is 0.257 e. The third-order valence-electron chi connectivity index (χ3n) is 3.84. The molecule has 1 fully saturated rings. The van der Waals surface area contributed by atoms with Gasteiger partial charge in [-0.1, -0.05) is 12.1 Å². The lowest BCUT2D eigenvalue weighted by Crippen LogP contribution is -2.40. The maximum atomic E-state index is 12.5. The van der Waals surface area contributed by atoms with Crippen LogP contribution in [0.3, 0.4) is 0 Å². The average Bonchev–Trinajstić information content (AvgIpc) is 2.68. The zero-order valence-corrected chi connectivity index (χ0v) is 13.4. The molecule has 1 aliphatic rings. The van der Waals surface area contributed by atoms with E-state index in [0.717, 1.165) is 0 Å². The highest BCUT2D eigenvalue weighted by Crippen LogP contribution is 2.16. The average molecular weight is 336 g/mol. The fraction of sp³-hybridized carbons (Fsp3) is 0.222. The number of aromatic nitrogens is 1. The number of hydrogen-bond donors (Lipinski definition) is 1. The highest BCUT2D eigenvalue weighted by molar-refractivity contribution is 6.06. The van der Waals surface area contributed by atoms with Crippen molar-refractivity contribution in [3.63, 3.8) is 0 Å². The van der Waals surface area contributed by atoms with E-state index in [4.69, 9.17) is 10.00 Å². The van der Waals surface area contributed by atoms with Crippen LogP contribution in [0, 0.1) is 11.3 Å². The number of nitriles is 1. The fourth-order valence-corrected chi connectivity index (χ4v) is 2.51. The molecule has 7 heteroatoms. The minimum atomic E-state index is -0.424. The van der Waals surface area contributed by atoms with Crippen molar-refractivity contribution in [3.05, 3.63) is 59.4 Å². The number of ether oxygens (including phenoxy) is 1. The molecule has 7 nitrogen and oxygen atoms in total. The van der Waals surface area contributed by atoms with Gasteiger partial charge in [-0.25, -0.2) is 0 Å². The zero-order valence-electron chi connectivity index (χ0n) is 13.4. The number of carbonyl (C=O) groups excluding carboxylic acids is 2. The Kier molecular flexibility index (Phi) is 5.02. The number of morpholine rings is 1. The Morgan fingerprint density at radius 3 is 2.64 bits per heavy atom. The monoisotopic (exact) mass is 336 g/mol. The molecule has 2 heterocycles. The third-order valence-corrected chi connectivity index (χ3v) is 3.84. The first-order valence-corrected chi connectivity index (χ1v) is 7.81. The second kappa shape index (κ2) is 7.55. The molecule has 1 aromatic carbocycles. The number of rotatable bonds is 3. The van der Waals surface area contributed by atoms with Crippen LogP contribution in [0.25, 0.3) is 0 Å². The maximum absolute atomic E-state index is 12.5. The Balaban J connectivity index is 1.77. The first-order valence-electron chi connectivity index (χ1n) is 7.81. The molecule has 0 aliphatic carbocycles. The van der Waals surface area contributed by atoms with Gasteiger partial charge in [0.2, 0.25) is 0 Å². The predicted octanol–water partition coefficient (Wildman–Crippen LogP) is 1.68. The summed E-state index contributed by atoms with van der Waals surface area (Å²) < 4.78 is 5.24. The summed E-state index contributed by atoms with van der Waals surface area (Å²) >= 11 is 0. The lowest BCUT2D eigenvalue weighted by atomic mass is 10.1. The zero-order chi connectivity index (χ0) is 17.6. The minimum Gasteiger partial charge on any atom is -0.378 e. The van der Waals surface area contributed by atoms with Crippen LogP contribution in [0.4, 0.5) is 5.69 Å². The number of carbonyl (C=O) groups is 2. The molecule has 126 valence electrons. The molecule has 0 bridgehead atoms. The van der Waals surface area contributed by atoms with Gasteiger partial charge in [-0.15, -0.1) is 0 Å². The number of amides is 2. The van der Waals surface area contributed by atoms with Crippen molar-refractivity contribution in [3.8, 4) is 6.07 Å². The first-order chi connectivity index (χ1) is 12.2. The highest BCUT2D eigenvalue weighted by Gasteiger charge is 2.20. The van der Waals surface area contributed by atoms with Gasteiger partial charge in [0, 0.05) is 25.5 Å². The number of pyridine rings is 1. The van der Waals surface area contributed by atoms with Crippen molar-refractivity contribution >= 4 is 17.5 Å². The Morgan fingerprint density at radius 1 is 1.16 bits per heavy atom. The summed E-state index contributed by atoms with van der Waals surface area (Å²) in [4.78, 5) is 30.6. The van der Waals surface area contributed by atoms with Gasteiger partial charge >= 0.3 is 0 Å². The molecule has 0 saturated carbocycles. The van der Waals surface area contributed by atoms with Crippen LogP contribution in [0.1, 0.15) is 26.3 Å². The number of hydrogen-bond acceptors (Lipinski definition) is 5. The molecule has 3 rings (SSSR count). The normalized spacial score (nSPS) is 13.8. The lowest BCUT2D eigenvalue weighted by molar-refractivity contribution is 0.0302. The van der Waals surface area contributed by atoms with E-state index in [1.807, 2.05) is 6.07 Å². The van der Waals surface area contributed by atoms with Crippen molar-refractivity contribution in [2.75, 3.05) is 31.6 Å². The van der Waals surface area contributed by atoms with Crippen LogP contribution in [-0.2, 0) is 4.74 Å². The molecule has 2 aromatic rings. The number of nitrogens with zero attached hydrogens (tertiary/aromatic N) is 3. The van der Waals surface area contributed by atoms with Gasteiger partial charge in [0.25, 0.3) is 11.8 Å². The minimum absolute atomic E-state index is 0.178. The van der Waals surface area contributed by atoms with E-state index in [1.54, 1.807) is 29.2 Å². The Morgan fingerprint density at radius 2 is 1.88 bits per heavy atom. The molecule has 1 aliphatic heterocycles. The summed E-state index contributed by atoms with van der Waals surface area (Å²) in [6, 6.07) is 10.2. The Labute approximate surface area is 144 Å². The number of para-hydroxylation sites is 1. The van der Waals surface area contributed by atoms with Crippen LogP contribution in [-0.4, -0.2) is 48.0 Å². The molecule has 0 spiro atoms. The van der Waals surface area contributed by atoms with E-state index in [0.29, 0.717) is 43.1 Å². The van der Waals surface area contributed by atoms with Gasteiger partial charge in [0.1, 0.15) is 6.07 Å². The van der Waals surface area contributed by atoms with Crippen LogP contribution in [0.5, 0.6) is 0 Å². The van der Waals surface area contributed by atoms with Gasteiger partial charge in [-0.2, -0.15) is 5.26 Å². The summed E-state index contributed by atoms with van der Waals surface area (Å²) in [5, 5.41) is 11.8. The van der Waals surface area contributed by atoms with Gasteiger partial charge in [0.05, 0.1) is 35.6 Å². The standard InChI is InChI=1S/C18H16N4O3/c19-10-13-3-1-2-4-16(13)21-17(23)14-9-15(12-20-11-14)18(24)22-5-7-25-8-6-22/h1-4,9,11-12H,5-8H2,(H,21,23). The van der Waals surface area contributed by atoms with E-state index >= 15 is 0 Å². The summed E-state index contributed by atoms with van der Waals surface area (Å²) in [6.45, 7) is 2.05. The van der Waals surface area contributed by atoms with E-state index in [1.165, 1.54) is 18.5 Å². The van der Waals surface area contributed by atoms with E-state index in [-0.39, 0.29) is 11.5 Å². The second-order valence-corrected chi connectivity index (χ2v) is 5.48. The van der Waals surface area contributed by atoms with E-state index in [2.05, 4.69) is 10.3 Å². The highest BCUT2D eigenvalue weighted by atomic mass is 16.5. The molecule has 0 radical (unpaired) electrons. The summed E-state index contributed by atoms with van der Waals surface area (Å²) in [6.07, 6.45) is 2.83. The van der Waals surface area contributed by atoms with Gasteiger partial charge in [-0.05, 0) is 18.2 Å². The Bertz CT molecular complexity index is 838. The van der Waals surface area contributed by atoms with Crippen LogP contribution >= 0.6 is 0 Å². The van der Waals surface area contributed by atoms with Crippen LogP contribution in [0.15, 0.2) is 42.7 Å². The summed E-state index contributed by atoms with van der Waals surface area (Å²) in [5.74, 6) is -0.602. The Hall–Kier alpha value is -3.24. The van der Waals surface area contributed by atoms with Crippen molar-refractivity contribution in [1.29, 1.82) is 5.26 Å². The topological polar surface area (TPSA) is 95.3 Å². The van der Waals surface area contributed by atoms with Gasteiger partial charge in [0.15, 0.2) is 0 Å². The van der Waals surface area contributed by atoms with E-state index in [9.17, 15) is 9.59 Å². The van der Waals surface area contributed by atoms with Gasteiger partial charge < -0.3 is 15.0 Å². The molecular formula is C18H16N4O3. The number of nitrogens with one attached hydrogen (secondary N) is 1. The van der Waals surface area contributed by atoms with Crippen LogP contribution in [0.2, 0.25) is 0 Å². The predicted molar refractivity (Wildman–Crippen MR) is 90.1 cm³/mol. The molecule has 2 amide bonds. The van der Waals surface area contributed by atoms with Crippen LogP contribution < -0.4 is 5.32 Å². The van der Waals surface area contributed by atoms with E-state index < -0.39 is 5.91 Å².